The number of fused-ring (bicyclic) bond motifs is 1. The topological polar surface area (TPSA) is 76.0 Å². The molecular weight excluding hydrogens is 666 g/mol. The number of methoxy groups -OCH3 is 1. The van der Waals surface area contributed by atoms with Gasteiger partial charge in [0.1, 0.15) is 0 Å². The van der Waals surface area contributed by atoms with Gasteiger partial charge in [0.15, 0.2) is 0 Å². The molecule has 2 radical (unpaired) electrons. The van der Waals surface area contributed by atoms with Crippen molar-refractivity contribution in [1.29, 1.82) is 0 Å². The van der Waals surface area contributed by atoms with Crippen LogP contribution in [0.1, 0.15) is 6.42 Å². The fourth-order valence-corrected chi connectivity index (χ4v) is 2.32. The van der Waals surface area contributed by atoms with Crippen LogP contribution in [0.25, 0.3) is 0 Å². The van der Waals surface area contributed by atoms with Crippen LogP contribution in [0.3, 0.4) is 0 Å². The molecule has 0 saturated carbocycles. The van der Waals surface area contributed by atoms with Gasteiger partial charge in [0.25, 0.3) is 0 Å². The van der Waals surface area contributed by atoms with E-state index >= 15 is 0 Å². The third-order valence-electron chi connectivity index (χ3n) is 3.14. The predicted octanol–water partition coefficient (Wildman–Crippen LogP) is -0.0533. The maximum atomic E-state index is 11.5. The summed E-state index contributed by atoms with van der Waals surface area (Å²) in [5, 5.41) is 18.8. The van der Waals surface area contributed by atoms with Gasteiger partial charge >= 0.3 is 5.97 Å². The number of hydrogen-bond donors (Lipinski definition) is 2. The molecule has 7 heteroatoms. The number of aliphatic hydroxyl groups excluding tert-OH is 2. The maximum Gasteiger partial charge on any atom is 0.337 e. The minimum Gasteiger partial charge on any atom is -0.472 e. The summed E-state index contributed by atoms with van der Waals surface area (Å²) in [5.41, 5.74) is 1.13. The predicted molar refractivity (Wildman–Crippen MR) is 54.0 cm³/mol. The van der Waals surface area contributed by atoms with Gasteiger partial charge in [-0.05, 0) is 12.0 Å². The molecule has 1 heterocycles. The Bertz CT molecular complexity index is 366. The van der Waals surface area contributed by atoms with Crippen LogP contribution in [0, 0.1) is 100.0 Å². The molecular formula is C11H14Ac2O5. The molecule has 1 aliphatic heterocycles. The number of ether oxygens (including phenoxy) is 2. The van der Waals surface area contributed by atoms with Crippen LogP contribution in [0.4, 0.5) is 0 Å². The van der Waals surface area contributed by atoms with E-state index in [9.17, 15) is 9.90 Å². The molecule has 94 valence electrons. The molecule has 0 amide bonds. The van der Waals surface area contributed by atoms with Crippen LogP contribution in [0.5, 0.6) is 0 Å². The van der Waals surface area contributed by atoms with Gasteiger partial charge < -0.3 is 19.7 Å². The zero-order valence-corrected chi connectivity index (χ0v) is 19.6. The van der Waals surface area contributed by atoms with Crippen molar-refractivity contribution in [2.75, 3.05) is 13.7 Å². The zero-order valence-electron chi connectivity index (χ0n) is 10.1. The summed E-state index contributed by atoms with van der Waals surface area (Å²) in [7, 11) is 1.30. The normalized spacial score (nSPS) is 28.7. The molecule has 0 saturated heterocycles. The van der Waals surface area contributed by atoms with Crippen LogP contribution in [0.2, 0.25) is 0 Å². The summed E-state index contributed by atoms with van der Waals surface area (Å²) in [6.45, 7) is -0.129. The van der Waals surface area contributed by atoms with Crippen molar-refractivity contribution in [2.24, 2.45) is 11.8 Å². The number of aliphatic hydroxyl groups is 2. The summed E-state index contributed by atoms with van der Waals surface area (Å²) in [6, 6.07) is 0. The van der Waals surface area contributed by atoms with E-state index < -0.39 is 12.3 Å². The maximum absolute atomic E-state index is 11.5. The SMILES string of the molecule is COC(=O)C1=COC(O)C2C(CO)=CCC12.[Ac].[Ac]. The smallest absolute Gasteiger partial charge is 0.337 e. The number of esters is 1. The summed E-state index contributed by atoms with van der Waals surface area (Å²) in [5.74, 6) is -0.947. The van der Waals surface area contributed by atoms with Gasteiger partial charge in [-0.15, -0.1) is 0 Å². The molecule has 2 rings (SSSR count). The Labute approximate surface area is 177 Å². The Morgan fingerprint density at radius 1 is 1.56 bits per heavy atom. The molecule has 1 aliphatic carbocycles. The van der Waals surface area contributed by atoms with E-state index in [1.165, 1.54) is 13.4 Å². The van der Waals surface area contributed by atoms with Crippen LogP contribution in [-0.4, -0.2) is 36.2 Å². The summed E-state index contributed by atoms with van der Waals surface area (Å²) in [4.78, 5) is 11.5. The minimum atomic E-state index is -1.00. The van der Waals surface area contributed by atoms with E-state index in [1.807, 2.05) is 6.08 Å². The summed E-state index contributed by atoms with van der Waals surface area (Å²) in [6.07, 6.45) is 2.71. The number of carbonyl (C=O) groups excluding carboxylic acids is 1. The molecule has 0 aromatic carbocycles. The zero-order chi connectivity index (χ0) is 11.7. The largest absolute Gasteiger partial charge is 0.472 e. The van der Waals surface area contributed by atoms with Crippen LogP contribution in [-0.2, 0) is 14.3 Å². The van der Waals surface area contributed by atoms with Gasteiger partial charge in [0, 0.05) is 94.0 Å². The first-order valence-corrected chi connectivity index (χ1v) is 5.10. The molecule has 3 atom stereocenters. The van der Waals surface area contributed by atoms with Crippen LogP contribution in [0.15, 0.2) is 23.5 Å². The van der Waals surface area contributed by atoms with E-state index in [0.29, 0.717) is 17.6 Å². The van der Waals surface area contributed by atoms with E-state index in [2.05, 4.69) is 4.74 Å². The van der Waals surface area contributed by atoms with Crippen molar-refractivity contribution in [3.63, 3.8) is 0 Å². The fraction of sp³-hybridized carbons (Fsp3) is 0.545. The molecule has 0 fully saturated rings. The molecule has 0 aromatic rings. The quantitative estimate of drug-likeness (QED) is 0.317. The van der Waals surface area contributed by atoms with Crippen LogP contribution < -0.4 is 0 Å². The fourth-order valence-electron chi connectivity index (χ4n) is 2.32. The molecule has 0 bridgehead atoms. The Hall–Kier alpha value is 1.55. The molecule has 2 N–H and O–H groups in total. The van der Waals surface area contributed by atoms with E-state index in [0.717, 1.165) is 0 Å². The monoisotopic (exact) mass is 680 g/mol. The number of carbonyl (C=O) groups is 1. The molecule has 2 aliphatic rings. The third kappa shape index (κ3) is 3.81. The van der Waals surface area contributed by atoms with Gasteiger partial charge in [-0.2, -0.15) is 0 Å². The van der Waals surface area contributed by atoms with Gasteiger partial charge in [-0.3, -0.25) is 0 Å². The number of hydrogen-bond acceptors (Lipinski definition) is 5. The standard InChI is InChI=1S/C11H14O5.2Ac/c1-15-10(13)8-5-16-11(14)9-6(4-12)2-3-7(8)9;;/h2,5,7,9,11-12,14H,3-4H2,1H3;;. The van der Waals surface area contributed by atoms with Gasteiger partial charge in [0.2, 0.25) is 6.29 Å². The molecule has 3 unspecified atom stereocenters. The number of rotatable bonds is 2. The average Bonchev–Trinajstić information content (AvgIpc) is 2.73. The molecule has 18 heavy (non-hydrogen) atoms. The van der Waals surface area contributed by atoms with E-state index in [4.69, 9.17) is 9.84 Å². The van der Waals surface area contributed by atoms with Gasteiger partial charge in [0.05, 0.1) is 31.5 Å². The Balaban J connectivity index is 0.00000144. The number of allylic oxidation sites excluding steroid dienone is 1. The van der Waals surface area contributed by atoms with Crippen molar-refractivity contribution >= 4 is 5.97 Å². The van der Waals surface area contributed by atoms with E-state index in [-0.39, 0.29) is 107 Å². The third-order valence-corrected chi connectivity index (χ3v) is 3.14. The first-order chi connectivity index (χ1) is 7.69. The van der Waals surface area contributed by atoms with Crippen molar-refractivity contribution in [3.05, 3.63) is 23.5 Å². The Kier molecular flexibility index (Phi) is 9.51. The van der Waals surface area contributed by atoms with Crippen molar-refractivity contribution in [3.8, 4) is 0 Å². The first kappa shape index (κ1) is 19.6. The second kappa shape index (κ2) is 8.75. The first-order valence-electron chi connectivity index (χ1n) is 5.10. The summed E-state index contributed by atoms with van der Waals surface area (Å²) < 4.78 is 9.65. The van der Waals surface area contributed by atoms with Gasteiger partial charge in [-0.25, -0.2) is 4.79 Å². The van der Waals surface area contributed by atoms with E-state index in [1.54, 1.807) is 0 Å². The molecule has 0 spiro atoms. The average molecular weight is 680 g/mol. The van der Waals surface area contributed by atoms with Crippen molar-refractivity contribution < 1.29 is 113 Å². The molecule has 0 aromatic heterocycles. The van der Waals surface area contributed by atoms with Gasteiger partial charge in [-0.1, -0.05) is 6.08 Å². The van der Waals surface area contributed by atoms with Crippen molar-refractivity contribution in [1.82, 2.24) is 0 Å². The van der Waals surface area contributed by atoms with Crippen molar-refractivity contribution in [2.45, 2.75) is 12.7 Å². The second-order valence-electron chi connectivity index (χ2n) is 3.90. The second-order valence-corrected chi connectivity index (χ2v) is 3.90. The molecule has 5 nitrogen and oxygen atoms in total. The Morgan fingerprint density at radius 2 is 2.22 bits per heavy atom. The van der Waals surface area contributed by atoms with Crippen LogP contribution >= 0.6 is 0 Å². The summed E-state index contributed by atoms with van der Waals surface area (Å²) >= 11 is 0. The Morgan fingerprint density at radius 3 is 2.78 bits per heavy atom. The minimum absolute atomic E-state index is 0.